The Balaban J connectivity index is 2.27. The topological polar surface area (TPSA) is 38.0 Å². The van der Waals surface area contributed by atoms with Crippen LogP contribution in [0.25, 0.3) is 0 Å². The van der Waals surface area contributed by atoms with Crippen LogP contribution in [0.1, 0.15) is 30.7 Å². The normalized spacial score (nSPS) is 12.4. The van der Waals surface area contributed by atoms with E-state index in [-0.39, 0.29) is 11.7 Å². The Morgan fingerprint density at radius 2 is 2.16 bits per heavy atom. The van der Waals surface area contributed by atoms with E-state index in [0.29, 0.717) is 5.69 Å². The van der Waals surface area contributed by atoms with Gasteiger partial charge in [-0.05, 0) is 23.9 Å². The molecule has 0 saturated heterocycles. The van der Waals surface area contributed by atoms with Crippen molar-refractivity contribution in [2.75, 3.05) is 11.1 Å². The maximum atomic E-state index is 13.4. The molecule has 0 bridgehead atoms. The summed E-state index contributed by atoms with van der Waals surface area (Å²) in [5.74, 6) is -1.36. The number of halogens is 2. The van der Waals surface area contributed by atoms with Crippen LogP contribution in [0.15, 0.2) is 29.6 Å². The van der Waals surface area contributed by atoms with Gasteiger partial charge in [0.25, 0.3) is 0 Å². The van der Waals surface area contributed by atoms with Crippen LogP contribution in [0, 0.1) is 11.6 Å². The highest BCUT2D eigenvalue weighted by Gasteiger charge is 2.15. The summed E-state index contributed by atoms with van der Waals surface area (Å²) in [6, 6.07) is 6.01. The van der Waals surface area contributed by atoms with E-state index in [1.807, 2.05) is 17.5 Å². The first-order chi connectivity index (χ1) is 9.11. The molecule has 1 atom stereocenters. The van der Waals surface area contributed by atoms with Gasteiger partial charge in [-0.2, -0.15) is 0 Å². The molecule has 1 unspecified atom stereocenters. The molecule has 0 aliphatic heterocycles. The molecule has 0 aliphatic rings. The monoisotopic (exact) mass is 282 g/mol. The van der Waals surface area contributed by atoms with Crippen molar-refractivity contribution in [3.8, 4) is 0 Å². The molecular weight excluding hydrogens is 266 g/mol. The van der Waals surface area contributed by atoms with Crippen LogP contribution in [-0.4, -0.2) is 0 Å². The molecule has 0 radical (unpaired) electrons. The minimum absolute atomic E-state index is 0.0218. The van der Waals surface area contributed by atoms with Gasteiger partial charge in [0.2, 0.25) is 0 Å². The third kappa shape index (κ3) is 3.23. The highest BCUT2D eigenvalue weighted by Crippen LogP contribution is 2.31. The molecule has 0 amide bonds. The Bertz CT molecular complexity index is 541. The fourth-order valence-electron chi connectivity index (χ4n) is 1.96. The summed E-state index contributed by atoms with van der Waals surface area (Å²) in [4.78, 5) is 1.13. The first-order valence-electron chi connectivity index (χ1n) is 6.16. The van der Waals surface area contributed by atoms with E-state index in [9.17, 15) is 8.78 Å². The van der Waals surface area contributed by atoms with E-state index in [4.69, 9.17) is 5.73 Å². The highest BCUT2D eigenvalue weighted by molar-refractivity contribution is 7.10. The van der Waals surface area contributed by atoms with Crippen molar-refractivity contribution in [2.24, 2.45) is 0 Å². The average Bonchev–Trinajstić information content (AvgIpc) is 2.88. The number of anilines is 2. The van der Waals surface area contributed by atoms with Crippen LogP contribution in [-0.2, 0) is 0 Å². The number of nitrogen functional groups attached to an aromatic ring is 1. The summed E-state index contributed by atoms with van der Waals surface area (Å²) < 4.78 is 26.7. The third-order valence-corrected chi connectivity index (χ3v) is 3.87. The number of rotatable bonds is 5. The summed E-state index contributed by atoms with van der Waals surface area (Å²) in [5.41, 5.74) is 5.92. The number of hydrogen-bond donors (Lipinski definition) is 2. The van der Waals surface area contributed by atoms with Crippen molar-refractivity contribution in [3.63, 3.8) is 0 Å². The Morgan fingerprint density at radius 1 is 1.37 bits per heavy atom. The van der Waals surface area contributed by atoms with Crippen LogP contribution in [0.5, 0.6) is 0 Å². The van der Waals surface area contributed by atoms with E-state index in [1.54, 1.807) is 11.3 Å². The van der Waals surface area contributed by atoms with Gasteiger partial charge < -0.3 is 11.1 Å². The minimum atomic E-state index is -0.732. The van der Waals surface area contributed by atoms with Crippen LogP contribution < -0.4 is 11.1 Å². The summed E-state index contributed by atoms with van der Waals surface area (Å²) in [6.07, 6.45) is 1.84. The zero-order valence-electron chi connectivity index (χ0n) is 10.6. The van der Waals surface area contributed by atoms with Crippen molar-refractivity contribution in [1.29, 1.82) is 0 Å². The minimum Gasteiger partial charge on any atom is -0.395 e. The van der Waals surface area contributed by atoms with Gasteiger partial charge in [0.05, 0.1) is 17.4 Å². The fourth-order valence-corrected chi connectivity index (χ4v) is 2.77. The maximum Gasteiger partial charge on any atom is 0.151 e. The Labute approximate surface area is 115 Å². The molecular formula is C14H16F2N2S. The van der Waals surface area contributed by atoms with Crippen molar-refractivity contribution in [2.45, 2.75) is 25.8 Å². The van der Waals surface area contributed by atoms with Crippen LogP contribution in [0.3, 0.4) is 0 Å². The summed E-state index contributed by atoms with van der Waals surface area (Å²) in [5, 5.41) is 5.12. The van der Waals surface area contributed by atoms with E-state index >= 15 is 0 Å². The van der Waals surface area contributed by atoms with Gasteiger partial charge in [-0.25, -0.2) is 8.78 Å². The van der Waals surface area contributed by atoms with Crippen LogP contribution in [0.4, 0.5) is 20.2 Å². The van der Waals surface area contributed by atoms with Gasteiger partial charge in [0.1, 0.15) is 5.82 Å². The largest absolute Gasteiger partial charge is 0.395 e. The standard InChI is InChI=1S/C14H16F2N2S/c1-2-4-11(13-5-3-6-19-13)18-12-8-9(15)7-10(16)14(12)17/h3,5-8,11,18H,2,4,17H2,1H3. The molecule has 2 nitrogen and oxygen atoms in total. The lowest BCUT2D eigenvalue weighted by Crippen LogP contribution is -2.11. The Morgan fingerprint density at radius 3 is 2.79 bits per heavy atom. The molecule has 0 aliphatic carbocycles. The quantitative estimate of drug-likeness (QED) is 0.789. The van der Waals surface area contributed by atoms with Gasteiger partial charge in [-0.15, -0.1) is 11.3 Å². The highest BCUT2D eigenvalue weighted by atomic mass is 32.1. The summed E-state index contributed by atoms with van der Waals surface area (Å²) in [7, 11) is 0. The second-order valence-electron chi connectivity index (χ2n) is 4.35. The van der Waals surface area contributed by atoms with Crippen molar-refractivity contribution in [1.82, 2.24) is 0 Å². The third-order valence-electron chi connectivity index (χ3n) is 2.89. The van der Waals surface area contributed by atoms with Gasteiger partial charge in [0, 0.05) is 10.9 Å². The molecule has 0 saturated carbocycles. The number of benzene rings is 1. The zero-order chi connectivity index (χ0) is 13.8. The van der Waals surface area contributed by atoms with E-state index < -0.39 is 11.6 Å². The lowest BCUT2D eigenvalue weighted by atomic mass is 10.1. The van der Waals surface area contributed by atoms with Gasteiger partial charge >= 0.3 is 0 Å². The molecule has 1 aromatic carbocycles. The molecule has 0 spiro atoms. The molecule has 102 valence electrons. The predicted molar refractivity (Wildman–Crippen MR) is 76.4 cm³/mol. The molecule has 1 heterocycles. The fraction of sp³-hybridized carbons (Fsp3) is 0.286. The van der Waals surface area contributed by atoms with Crippen LogP contribution >= 0.6 is 11.3 Å². The van der Waals surface area contributed by atoms with Gasteiger partial charge in [-0.1, -0.05) is 19.4 Å². The summed E-state index contributed by atoms with van der Waals surface area (Å²) >= 11 is 1.61. The lowest BCUT2D eigenvalue weighted by molar-refractivity contribution is 0.585. The second-order valence-corrected chi connectivity index (χ2v) is 5.33. The van der Waals surface area contributed by atoms with E-state index in [1.165, 1.54) is 6.07 Å². The molecule has 0 fully saturated rings. The van der Waals surface area contributed by atoms with Crippen molar-refractivity contribution < 1.29 is 8.78 Å². The number of thiophene rings is 1. The molecule has 2 rings (SSSR count). The van der Waals surface area contributed by atoms with Gasteiger partial charge in [-0.3, -0.25) is 0 Å². The predicted octanol–water partition coefficient (Wildman–Crippen LogP) is 4.56. The lowest BCUT2D eigenvalue weighted by Gasteiger charge is -2.19. The number of nitrogens with two attached hydrogens (primary N) is 1. The summed E-state index contributed by atoms with van der Waals surface area (Å²) in [6.45, 7) is 2.07. The average molecular weight is 282 g/mol. The zero-order valence-corrected chi connectivity index (χ0v) is 11.4. The molecule has 19 heavy (non-hydrogen) atoms. The number of nitrogens with one attached hydrogen (secondary N) is 1. The van der Waals surface area contributed by atoms with Crippen molar-refractivity contribution in [3.05, 3.63) is 46.2 Å². The molecule has 3 N–H and O–H groups in total. The van der Waals surface area contributed by atoms with Gasteiger partial charge in [0.15, 0.2) is 5.82 Å². The van der Waals surface area contributed by atoms with Crippen molar-refractivity contribution >= 4 is 22.7 Å². The first-order valence-corrected chi connectivity index (χ1v) is 7.04. The molecule has 2 aromatic rings. The molecule has 1 aromatic heterocycles. The Hall–Kier alpha value is -1.62. The van der Waals surface area contributed by atoms with E-state index in [2.05, 4.69) is 12.2 Å². The van der Waals surface area contributed by atoms with E-state index in [0.717, 1.165) is 23.8 Å². The number of hydrogen-bond acceptors (Lipinski definition) is 3. The van der Waals surface area contributed by atoms with Crippen LogP contribution in [0.2, 0.25) is 0 Å². The second kappa shape index (κ2) is 6.02. The molecule has 5 heteroatoms. The first kappa shape index (κ1) is 13.8. The Kier molecular flexibility index (Phi) is 4.37. The SMILES string of the molecule is CCCC(Nc1cc(F)cc(F)c1N)c1cccs1. The smallest absolute Gasteiger partial charge is 0.151 e. The maximum absolute atomic E-state index is 13.4.